The average Bonchev–Trinajstić information content (AvgIpc) is 3.00. The van der Waals surface area contributed by atoms with Gasteiger partial charge in [-0.3, -0.25) is 4.57 Å². The van der Waals surface area contributed by atoms with Crippen molar-refractivity contribution in [3.05, 3.63) is 15.9 Å². The number of nitrogens with zero attached hydrogens (tertiary/aromatic N) is 3. The highest BCUT2D eigenvalue weighted by molar-refractivity contribution is 5.54. The van der Waals surface area contributed by atoms with Gasteiger partial charge in [0.25, 0.3) is 0 Å². The maximum Gasteiger partial charge on any atom is 0.406 e. The van der Waals surface area contributed by atoms with Crippen LogP contribution in [0.1, 0.15) is 32.0 Å². The lowest BCUT2D eigenvalue weighted by Crippen LogP contribution is -2.18. The molecule has 94 valence electrons. The van der Waals surface area contributed by atoms with E-state index in [-0.39, 0.29) is 11.9 Å². The first-order valence-electron chi connectivity index (χ1n) is 5.93. The summed E-state index contributed by atoms with van der Waals surface area (Å²) in [5.74, 6) is 1.89. The van der Waals surface area contributed by atoms with Crippen LogP contribution in [0.5, 0.6) is 0 Å². The van der Waals surface area contributed by atoms with E-state index >= 15 is 0 Å². The Bertz CT molecular complexity index is 437. The number of nitro groups is 1. The molecule has 1 aliphatic rings. The van der Waals surface area contributed by atoms with E-state index in [1.165, 1.54) is 12.8 Å². The summed E-state index contributed by atoms with van der Waals surface area (Å²) in [6, 6.07) is 0.246. The third-order valence-electron chi connectivity index (χ3n) is 3.24. The molecule has 17 heavy (non-hydrogen) atoms. The van der Waals surface area contributed by atoms with Crippen molar-refractivity contribution in [2.45, 2.75) is 39.2 Å². The van der Waals surface area contributed by atoms with Gasteiger partial charge >= 0.3 is 5.82 Å². The molecule has 0 spiro atoms. The van der Waals surface area contributed by atoms with Gasteiger partial charge in [0.1, 0.15) is 0 Å². The average molecular weight is 238 g/mol. The van der Waals surface area contributed by atoms with E-state index in [1.54, 1.807) is 18.5 Å². The number of anilines is 1. The number of nitrogens with one attached hydrogen (secondary N) is 1. The van der Waals surface area contributed by atoms with Crippen LogP contribution in [0.15, 0.2) is 0 Å². The SMILES string of the molecule is Cc1nc([N+](=O)[O-])c(NC(C)CC2CC2)n1C. The number of hydrogen-bond acceptors (Lipinski definition) is 4. The minimum Gasteiger partial charge on any atom is -0.362 e. The highest BCUT2D eigenvalue weighted by Crippen LogP contribution is 2.34. The Morgan fingerprint density at radius 1 is 1.65 bits per heavy atom. The largest absolute Gasteiger partial charge is 0.406 e. The first-order valence-corrected chi connectivity index (χ1v) is 5.93. The zero-order chi connectivity index (χ0) is 12.6. The summed E-state index contributed by atoms with van der Waals surface area (Å²) in [4.78, 5) is 14.4. The molecule has 0 radical (unpaired) electrons. The van der Waals surface area contributed by atoms with Crippen LogP contribution in [0.2, 0.25) is 0 Å². The molecule has 1 aliphatic carbocycles. The Balaban J connectivity index is 2.14. The highest BCUT2D eigenvalue weighted by atomic mass is 16.6. The first-order chi connectivity index (χ1) is 7.99. The van der Waals surface area contributed by atoms with Gasteiger partial charge in [-0.25, -0.2) is 0 Å². The second-order valence-electron chi connectivity index (χ2n) is 4.87. The molecule has 0 aromatic carbocycles. The van der Waals surface area contributed by atoms with Crippen LogP contribution in [0.4, 0.5) is 11.6 Å². The lowest BCUT2D eigenvalue weighted by molar-refractivity contribution is -0.388. The van der Waals surface area contributed by atoms with Crippen LogP contribution in [0.3, 0.4) is 0 Å². The minimum atomic E-state index is -0.431. The second kappa shape index (κ2) is 4.35. The van der Waals surface area contributed by atoms with Gasteiger partial charge in [-0.05, 0) is 29.2 Å². The molecule has 1 fully saturated rings. The number of aryl methyl sites for hydroxylation is 1. The van der Waals surface area contributed by atoms with Gasteiger partial charge in [-0.15, -0.1) is 0 Å². The van der Waals surface area contributed by atoms with E-state index in [1.807, 2.05) is 0 Å². The molecular weight excluding hydrogens is 220 g/mol. The van der Waals surface area contributed by atoms with E-state index in [0.717, 1.165) is 12.3 Å². The topological polar surface area (TPSA) is 73.0 Å². The summed E-state index contributed by atoms with van der Waals surface area (Å²) in [5.41, 5.74) is 0. The number of rotatable bonds is 5. The summed E-state index contributed by atoms with van der Waals surface area (Å²) in [5, 5.41) is 14.1. The minimum absolute atomic E-state index is 0.0763. The van der Waals surface area contributed by atoms with Crippen molar-refractivity contribution in [3.63, 3.8) is 0 Å². The Kier molecular flexibility index (Phi) is 3.04. The molecule has 1 unspecified atom stereocenters. The van der Waals surface area contributed by atoms with E-state index in [0.29, 0.717) is 11.6 Å². The van der Waals surface area contributed by atoms with E-state index in [2.05, 4.69) is 17.2 Å². The lowest BCUT2D eigenvalue weighted by atomic mass is 10.1. The predicted molar refractivity (Wildman–Crippen MR) is 65.0 cm³/mol. The summed E-state index contributed by atoms with van der Waals surface area (Å²) >= 11 is 0. The second-order valence-corrected chi connectivity index (χ2v) is 4.87. The van der Waals surface area contributed by atoms with Crippen LogP contribution in [0.25, 0.3) is 0 Å². The standard InChI is InChI=1S/C11H18N4O2/c1-7(6-9-4-5-9)12-10-11(15(16)17)13-8(2)14(10)3/h7,9,12H,4-6H2,1-3H3. The fourth-order valence-corrected chi connectivity index (χ4v) is 2.03. The smallest absolute Gasteiger partial charge is 0.362 e. The molecule has 1 aromatic rings. The number of hydrogen-bond donors (Lipinski definition) is 1. The van der Waals surface area contributed by atoms with Crippen molar-refractivity contribution in [1.29, 1.82) is 0 Å². The van der Waals surface area contributed by atoms with E-state index in [4.69, 9.17) is 0 Å². The first kappa shape index (κ1) is 11.9. The van der Waals surface area contributed by atoms with Crippen LogP contribution >= 0.6 is 0 Å². The van der Waals surface area contributed by atoms with Gasteiger partial charge < -0.3 is 15.4 Å². The summed E-state index contributed by atoms with van der Waals surface area (Å²) in [7, 11) is 1.79. The molecule has 1 heterocycles. The quantitative estimate of drug-likeness (QED) is 0.630. The molecule has 2 rings (SSSR count). The van der Waals surface area contributed by atoms with Gasteiger partial charge in [0, 0.05) is 20.0 Å². The Morgan fingerprint density at radius 2 is 2.29 bits per heavy atom. The van der Waals surface area contributed by atoms with Gasteiger partial charge in [0.2, 0.25) is 11.6 Å². The molecule has 1 atom stereocenters. The van der Waals surface area contributed by atoms with Crippen molar-refractivity contribution >= 4 is 11.6 Å². The molecule has 1 saturated carbocycles. The molecule has 0 bridgehead atoms. The Hall–Kier alpha value is -1.59. The van der Waals surface area contributed by atoms with Gasteiger partial charge in [-0.1, -0.05) is 12.8 Å². The zero-order valence-corrected chi connectivity index (χ0v) is 10.4. The third kappa shape index (κ3) is 2.57. The normalized spacial score (nSPS) is 16.9. The monoisotopic (exact) mass is 238 g/mol. The molecule has 0 amide bonds. The Morgan fingerprint density at radius 3 is 2.82 bits per heavy atom. The summed E-state index contributed by atoms with van der Waals surface area (Å²) < 4.78 is 1.74. The van der Waals surface area contributed by atoms with Crippen LogP contribution in [0, 0.1) is 23.0 Å². The molecule has 6 heteroatoms. The van der Waals surface area contributed by atoms with E-state index in [9.17, 15) is 10.1 Å². The fraction of sp³-hybridized carbons (Fsp3) is 0.727. The summed E-state index contributed by atoms with van der Waals surface area (Å²) in [6.07, 6.45) is 3.65. The number of imidazole rings is 1. The zero-order valence-electron chi connectivity index (χ0n) is 10.4. The van der Waals surface area contributed by atoms with Crippen molar-refractivity contribution < 1.29 is 4.92 Å². The maximum atomic E-state index is 10.9. The van der Waals surface area contributed by atoms with Crippen molar-refractivity contribution in [1.82, 2.24) is 9.55 Å². The van der Waals surface area contributed by atoms with Crippen molar-refractivity contribution in [2.24, 2.45) is 13.0 Å². The highest BCUT2D eigenvalue weighted by Gasteiger charge is 2.27. The molecule has 1 N–H and O–H groups in total. The maximum absolute atomic E-state index is 10.9. The predicted octanol–water partition coefficient (Wildman–Crippen LogP) is 2.24. The lowest BCUT2D eigenvalue weighted by Gasteiger charge is -2.14. The molecule has 0 saturated heterocycles. The van der Waals surface area contributed by atoms with Gasteiger partial charge in [0.15, 0.2) is 0 Å². The summed E-state index contributed by atoms with van der Waals surface area (Å²) in [6.45, 7) is 3.83. The fourth-order valence-electron chi connectivity index (χ4n) is 2.03. The van der Waals surface area contributed by atoms with E-state index < -0.39 is 4.92 Å². The molecule has 1 aromatic heterocycles. The molecule has 0 aliphatic heterocycles. The van der Waals surface area contributed by atoms with Crippen molar-refractivity contribution in [2.75, 3.05) is 5.32 Å². The van der Waals surface area contributed by atoms with Gasteiger partial charge in [-0.2, -0.15) is 0 Å². The van der Waals surface area contributed by atoms with Crippen LogP contribution < -0.4 is 5.32 Å². The van der Waals surface area contributed by atoms with Gasteiger partial charge in [0.05, 0.1) is 0 Å². The third-order valence-corrected chi connectivity index (χ3v) is 3.24. The molecule has 6 nitrogen and oxygen atoms in total. The van der Waals surface area contributed by atoms with Crippen LogP contribution in [-0.4, -0.2) is 20.5 Å². The van der Waals surface area contributed by atoms with Crippen molar-refractivity contribution in [3.8, 4) is 0 Å². The number of aromatic nitrogens is 2. The van der Waals surface area contributed by atoms with Crippen LogP contribution in [-0.2, 0) is 7.05 Å². The Labute approximate surface area is 100 Å². The molecular formula is C11H18N4O2.